The van der Waals surface area contributed by atoms with Gasteiger partial charge >= 0.3 is 0 Å². The summed E-state index contributed by atoms with van der Waals surface area (Å²) in [5, 5.41) is 3.28. The molecule has 0 saturated carbocycles. The number of ether oxygens (including phenoxy) is 1. The Morgan fingerprint density at radius 3 is 2.88 bits per heavy atom. The van der Waals surface area contributed by atoms with Gasteiger partial charge in [0.2, 0.25) is 0 Å². The van der Waals surface area contributed by atoms with Crippen LogP contribution in [0.2, 0.25) is 0 Å². The maximum atomic E-state index is 12.3. The van der Waals surface area contributed by atoms with Crippen molar-refractivity contribution in [1.82, 2.24) is 10.3 Å². The molecular weight excluding hydrogens is 314 g/mol. The predicted octanol–water partition coefficient (Wildman–Crippen LogP) is 2.37. The fourth-order valence-electron chi connectivity index (χ4n) is 3.52. The lowest BCUT2D eigenvalue weighted by Gasteiger charge is -2.40. The standard InChI is InChI=1S/C20H23N3O2/c1-13-7-14(22-20(8-13)23-11-15(12-23)21-2)9-16-10-18(24)17-5-3-4-6-19(17)25-16/h3-8,15-16,21H,9-12H2,1-2H3. The van der Waals surface area contributed by atoms with Gasteiger partial charge in [-0.3, -0.25) is 4.79 Å². The molecule has 1 aromatic carbocycles. The van der Waals surface area contributed by atoms with Gasteiger partial charge < -0.3 is 15.0 Å². The highest BCUT2D eigenvalue weighted by atomic mass is 16.5. The summed E-state index contributed by atoms with van der Waals surface area (Å²) in [6, 6.07) is 12.2. The van der Waals surface area contributed by atoms with Crippen molar-refractivity contribution in [2.75, 3.05) is 25.0 Å². The Hall–Kier alpha value is -2.40. The van der Waals surface area contributed by atoms with E-state index >= 15 is 0 Å². The van der Waals surface area contributed by atoms with Crippen LogP contribution in [0.5, 0.6) is 5.75 Å². The summed E-state index contributed by atoms with van der Waals surface area (Å²) in [6.45, 7) is 4.06. The normalized spacial score (nSPS) is 20.0. The van der Waals surface area contributed by atoms with Gasteiger partial charge in [-0.25, -0.2) is 4.98 Å². The van der Waals surface area contributed by atoms with Gasteiger partial charge in [0.25, 0.3) is 0 Å². The van der Waals surface area contributed by atoms with E-state index in [0.29, 0.717) is 30.2 Å². The fourth-order valence-corrected chi connectivity index (χ4v) is 3.52. The van der Waals surface area contributed by atoms with E-state index in [-0.39, 0.29) is 11.9 Å². The smallest absolute Gasteiger partial charge is 0.170 e. The fraction of sp³-hybridized carbons (Fsp3) is 0.400. The molecule has 4 rings (SSSR count). The van der Waals surface area contributed by atoms with Crippen LogP contribution in [0.1, 0.15) is 28.0 Å². The van der Waals surface area contributed by atoms with Crippen LogP contribution in [0.3, 0.4) is 0 Å². The molecule has 0 spiro atoms. The number of para-hydroxylation sites is 1. The first-order valence-corrected chi connectivity index (χ1v) is 8.81. The van der Waals surface area contributed by atoms with Crippen LogP contribution in [0.25, 0.3) is 0 Å². The molecule has 25 heavy (non-hydrogen) atoms. The number of benzene rings is 1. The zero-order valence-corrected chi connectivity index (χ0v) is 14.7. The number of anilines is 1. The molecule has 130 valence electrons. The second-order valence-corrected chi connectivity index (χ2v) is 6.95. The molecule has 1 unspecified atom stereocenters. The zero-order chi connectivity index (χ0) is 17.4. The number of carbonyl (C=O) groups is 1. The van der Waals surface area contributed by atoms with Crippen molar-refractivity contribution < 1.29 is 9.53 Å². The Morgan fingerprint density at radius 1 is 1.28 bits per heavy atom. The number of nitrogens with one attached hydrogen (secondary N) is 1. The molecule has 1 aromatic heterocycles. The highest BCUT2D eigenvalue weighted by Gasteiger charge is 2.28. The number of aryl methyl sites for hydroxylation is 1. The minimum atomic E-state index is -0.147. The van der Waals surface area contributed by atoms with Gasteiger partial charge in [0, 0.05) is 37.7 Å². The predicted molar refractivity (Wildman–Crippen MR) is 97.5 cm³/mol. The van der Waals surface area contributed by atoms with E-state index in [4.69, 9.17) is 9.72 Å². The second-order valence-electron chi connectivity index (χ2n) is 6.95. The third-order valence-corrected chi connectivity index (χ3v) is 4.95. The molecule has 1 N–H and O–H groups in total. The molecule has 3 heterocycles. The van der Waals surface area contributed by atoms with Crippen LogP contribution in [0.15, 0.2) is 36.4 Å². The number of pyridine rings is 1. The quantitative estimate of drug-likeness (QED) is 0.928. The summed E-state index contributed by atoms with van der Waals surface area (Å²) in [4.78, 5) is 19.4. The lowest BCUT2D eigenvalue weighted by Crippen LogP contribution is -2.57. The number of hydrogen-bond donors (Lipinski definition) is 1. The lowest BCUT2D eigenvalue weighted by atomic mass is 9.97. The Labute approximate surface area is 148 Å². The largest absolute Gasteiger partial charge is 0.489 e. The number of hydrogen-bond acceptors (Lipinski definition) is 5. The highest BCUT2D eigenvalue weighted by Crippen LogP contribution is 2.29. The van der Waals surface area contributed by atoms with Gasteiger partial charge in [0.05, 0.1) is 5.56 Å². The molecule has 1 saturated heterocycles. The number of aromatic nitrogens is 1. The van der Waals surface area contributed by atoms with Crippen molar-refractivity contribution in [3.05, 3.63) is 53.2 Å². The summed E-state index contributed by atoms with van der Waals surface area (Å²) in [6.07, 6.45) is 0.914. The number of Topliss-reactive ketones (excluding diaryl/α,β-unsaturated/α-hetero) is 1. The molecule has 2 aromatic rings. The Bertz CT molecular complexity index is 799. The first-order chi connectivity index (χ1) is 12.1. The second kappa shape index (κ2) is 6.48. The van der Waals surface area contributed by atoms with Crippen LogP contribution in [-0.4, -0.2) is 43.1 Å². The van der Waals surface area contributed by atoms with Crippen LogP contribution in [0, 0.1) is 6.92 Å². The van der Waals surface area contributed by atoms with Gasteiger partial charge in [-0.05, 0) is 43.8 Å². The summed E-state index contributed by atoms with van der Waals surface area (Å²) in [7, 11) is 1.99. The van der Waals surface area contributed by atoms with E-state index in [9.17, 15) is 4.79 Å². The SMILES string of the molecule is CNC1CN(c2cc(C)cc(CC3CC(=O)c4ccccc4O3)n2)C1. The molecule has 5 heteroatoms. The van der Waals surface area contributed by atoms with E-state index in [2.05, 4.69) is 29.3 Å². The summed E-state index contributed by atoms with van der Waals surface area (Å²) < 4.78 is 6.04. The van der Waals surface area contributed by atoms with E-state index in [1.807, 2.05) is 31.3 Å². The maximum absolute atomic E-state index is 12.3. The van der Waals surface area contributed by atoms with Gasteiger partial charge in [-0.15, -0.1) is 0 Å². The lowest BCUT2D eigenvalue weighted by molar-refractivity contribution is 0.0850. The van der Waals surface area contributed by atoms with Crippen LogP contribution in [-0.2, 0) is 6.42 Å². The molecule has 0 amide bonds. The van der Waals surface area contributed by atoms with Crippen LogP contribution in [0.4, 0.5) is 5.82 Å². The number of rotatable bonds is 4. The van der Waals surface area contributed by atoms with Crippen molar-refractivity contribution in [3.8, 4) is 5.75 Å². The van der Waals surface area contributed by atoms with Crippen LogP contribution >= 0.6 is 0 Å². The number of carbonyl (C=O) groups excluding carboxylic acids is 1. The molecule has 0 bridgehead atoms. The minimum Gasteiger partial charge on any atom is -0.489 e. The third kappa shape index (κ3) is 3.24. The molecule has 1 fully saturated rings. The average molecular weight is 337 g/mol. The number of ketones is 1. The summed E-state index contributed by atoms with van der Waals surface area (Å²) in [5.74, 6) is 1.86. The Kier molecular flexibility index (Phi) is 4.17. The van der Waals surface area contributed by atoms with Crippen molar-refractivity contribution in [1.29, 1.82) is 0 Å². The number of fused-ring (bicyclic) bond motifs is 1. The molecule has 5 nitrogen and oxygen atoms in total. The van der Waals surface area contributed by atoms with E-state index in [1.54, 1.807) is 0 Å². The van der Waals surface area contributed by atoms with E-state index in [0.717, 1.165) is 24.6 Å². The number of nitrogens with zero attached hydrogens (tertiary/aromatic N) is 2. The Morgan fingerprint density at radius 2 is 2.08 bits per heavy atom. The topological polar surface area (TPSA) is 54.5 Å². The molecular formula is C20H23N3O2. The van der Waals surface area contributed by atoms with Crippen molar-refractivity contribution in [2.24, 2.45) is 0 Å². The van der Waals surface area contributed by atoms with Gasteiger partial charge in [-0.1, -0.05) is 12.1 Å². The molecule has 0 aliphatic carbocycles. The monoisotopic (exact) mass is 337 g/mol. The molecule has 0 radical (unpaired) electrons. The summed E-state index contributed by atoms with van der Waals surface area (Å²) >= 11 is 0. The van der Waals surface area contributed by atoms with Gasteiger partial charge in [-0.2, -0.15) is 0 Å². The van der Waals surface area contributed by atoms with E-state index < -0.39 is 0 Å². The third-order valence-electron chi connectivity index (χ3n) is 4.95. The minimum absolute atomic E-state index is 0.147. The zero-order valence-electron chi connectivity index (χ0n) is 14.7. The highest BCUT2D eigenvalue weighted by molar-refractivity contribution is 5.99. The first-order valence-electron chi connectivity index (χ1n) is 8.81. The maximum Gasteiger partial charge on any atom is 0.170 e. The Balaban J connectivity index is 1.50. The van der Waals surface area contributed by atoms with E-state index in [1.165, 1.54) is 5.56 Å². The van der Waals surface area contributed by atoms with Gasteiger partial charge in [0.1, 0.15) is 17.7 Å². The van der Waals surface area contributed by atoms with Crippen LogP contribution < -0.4 is 15.0 Å². The van der Waals surface area contributed by atoms with Crippen molar-refractivity contribution in [3.63, 3.8) is 0 Å². The van der Waals surface area contributed by atoms with Gasteiger partial charge in [0.15, 0.2) is 5.78 Å². The molecule has 2 aliphatic heterocycles. The molecule has 2 aliphatic rings. The number of likely N-dealkylation sites (N-methyl/N-ethyl adjacent to an activating group) is 1. The van der Waals surface area contributed by atoms with Crippen molar-refractivity contribution in [2.45, 2.75) is 31.9 Å². The summed E-state index contributed by atoms with van der Waals surface area (Å²) in [5.41, 5.74) is 2.87. The average Bonchev–Trinajstić information content (AvgIpc) is 2.53. The first kappa shape index (κ1) is 16.1. The molecule has 1 atom stereocenters. The van der Waals surface area contributed by atoms with Crippen molar-refractivity contribution >= 4 is 11.6 Å².